The standard InChI is InChI=1S/C23H19N5O3S/c1-14-6-8-18(9-7-14)30-13-19-10-11-20(31-19)21(29)24-17-5-3-4-16(12-17)22-27-28-15(2)25-26-23(28)32-22/h3-12H,13H2,1-2H3,(H,24,29). The lowest BCUT2D eigenvalue weighted by atomic mass is 10.2. The van der Waals surface area contributed by atoms with E-state index in [4.69, 9.17) is 9.15 Å². The quantitative estimate of drug-likeness (QED) is 0.400. The summed E-state index contributed by atoms with van der Waals surface area (Å²) in [5.41, 5.74) is 2.68. The van der Waals surface area contributed by atoms with E-state index in [2.05, 4.69) is 20.6 Å². The third-order valence-corrected chi connectivity index (χ3v) is 5.75. The largest absolute Gasteiger partial charge is 0.486 e. The van der Waals surface area contributed by atoms with Crippen molar-refractivity contribution >= 4 is 27.9 Å². The summed E-state index contributed by atoms with van der Waals surface area (Å²) >= 11 is 1.44. The molecule has 5 rings (SSSR count). The van der Waals surface area contributed by atoms with E-state index in [1.54, 1.807) is 16.6 Å². The molecule has 0 fully saturated rings. The van der Waals surface area contributed by atoms with Crippen molar-refractivity contribution in [1.29, 1.82) is 0 Å². The van der Waals surface area contributed by atoms with Crippen LogP contribution in [-0.4, -0.2) is 25.7 Å². The number of amides is 1. The molecule has 0 unspecified atom stereocenters. The Kier molecular flexibility index (Phi) is 5.16. The molecular formula is C23H19N5O3S. The first-order valence-corrected chi connectivity index (χ1v) is 10.8. The second-order valence-electron chi connectivity index (χ2n) is 7.25. The smallest absolute Gasteiger partial charge is 0.291 e. The molecule has 0 saturated carbocycles. The van der Waals surface area contributed by atoms with Crippen LogP contribution in [0.1, 0.15) is 27.7 Å². The Bertz CT molecular complexity index is 1400. The van der Waals surface area contributed by atoms with Crippen LogP contribution in [0, 0.1) is 13.8 Å². The second-order valence-corrected chi connectivity index (χ2v) is 8.21. The van der Waals surface area contributed by atoms with Crippen LogP contribution in [0.2, 0.25) is 0 Å². The number of benzene rings is 2. The molecular weight excluding hydrogens is 426 g/mol. The number of hydrogen-bond acceptors (Lipinski definition) is 7. The molecule has 0 aliphatic carbocycles. The fourth-order valence-electron chi connectivity index (χ4n) is 3.12. The average molecular weight is 446 g/mol. The molecule has 2 aromatic carbocycles. The van der Waals surface area contributed by atoms with E-state index >= 15 is 0 Å². The Labute approximate surface area is 187 Å². The number of carbonyl (C=O) groups excluding carboxylic acids is 1. The summed E-state index contributed by atoms with van der Waals surface area (Å²) in [7, 11) is 0. The molecule has 0 bridgehead atoms. The maximum absolute atomic E-state index is 12.7. The Hall–Kier alpha value is -3.98. The number of ether oxygens (including phenoxy) is 1. The number of fused-ring (bicyclic) bond motifs is 1. The van der Waals surface area contributed by atoms with Gasteiger partial charge in [-0.1, -0.05) is 41.2 Å². The fourth-order valence-corrected chi connectivity index (χ4v) is 4.00. The van der Waals surface area contributed by atoms with E-state index in [0.29, 0.717) is 11.4 Å². The van der Waals surface area contributed by atoms with Crippen LogP contribution in [0.25, 0.3) is 15.5 Å². The minimum atomic E-state index is -0.335. The summed E-state index contributed by atoms with van der Waals surface area (Å²) in [6.45, 7) is 4.11. The summed E-state index contributed by atoms with van der Waals surface area (Å²) < 4.78 is 13.1. The Morgan fingerprint density at radius 1 is 1.09 bits per heavy atom. The number of nitrogens with one attached hydrogen (secondary N) is 1. The Balaban J connectivity index is 1.26. The third-order valence-electron chi connectivity index (χ3n) is 4.80. The SMILES string of the molecule is Cc1ccc(OCc2ccc(C(=O)Nc3cccc(-c4nn5c(C)nnc5s4)c3)o2)cc1. The molecule has 8 nitrogen and oxygen atoms in total. The number of anilines is 1. The Morgan fingerprint density at radius 3 is 2.75 bits per heavy atom. The summed E-state index contributed by atoms with van der Waals surface area (Å²) in [5, 5.41) is 16.3. The minimum absolute atomic E-state index is 0.215. The molecule has 1 N–H and O–H groups in total. The van der Waals surface area contributed by atoms with Crippen LogP contribution >= 0.6 is 11.3 Å². The van der Waals surface area contributed by atoms with Crippen molar-refractivity contribution < 1.29 is 13.9 Å². The molecule has 32 heavy (non-hydrogen) atoms. The van der Waals surface area contributed by atoms with Crippen LogP contribution in [0.15, 0.2) is 65.1 Å². The molecule has 3 heterocycles. The van der Waals surface area contributed by atoms with E-state index < -0.39 is 0 Å². The van der Waals surface area contributed by atoms with Crippen molar-refractivity contribution in [3.05, 3.63) is 83.6 Å². The van der Waals surface area contributed by atoms with Gasteiger partial charge in [-0.2, -0.15) is 9.61 Å². The molecule has 0 saturated heterocycles. The zero-order valence-electron chi connectivity index (χ0n) is 17.4. The van der Waals surface area contributed by atoms with Gasteiger partial charge in [-0.25, -0.2) is 0 Å². The zero-order chi connectivity index (χ0) is 22.1. The van der Waals surface area contributed by atoms with E-state index in [1.165, 1.54) is 11.3 Å². The van der Waals surface area contributed by atoms with E-state index in [0.717, 1.165) is 32.7 Å². The predicted molar refractivity (Wildman–Crippen MR) is 121 cm³/mol. The first-order chi connectivity index (χ1) is 15.5. The van der Waals surface area contributed by atoms with Crippen LogP contribution in [0.3, 0.4) is 0 Å². The van der Waals surface area contributed by atoms with Gasteiger partial charge in [0.05, 0.1) is 0 Å². The first-order valence-electron chi connectivity index (χ1n) is 9.94. The van der Waals surface area contributed by atoms with E-state index in [9.17, 15) is 4.79 Å². The van der Waals surface area contributed by atoms with Gasteiger partial charge in [-0.15, -0.1) is 10.2 Å². The molecule has 160 valence electrons. The van der Waals surface area contributed by atoms with Crippen molar-refractivity contribution in [2.45, 2.75) is 20.5 Å². The summed E-state index contributed by atoms with van der Waals surface area (Å²) in [6, 6.07) is 18.6. The maximum atomic E-state index is 12.7. The van der Waals surface area contributed by atoms with Crippen LogP contribution in [0.5, 0.6) is 5.75 Å². The normalized spacial score (nSPS) is 11.1. The lowest BCUT2D eigenvalue weighted by Crippen LogP contribution is -2.10. The van der Waals surface area contributed by atoms with Gasteiger partial charge in [-0.3, -0.25) is 4.79 Å². The van der Waals surface area contributed by atoms with Gasteiger partial charge in [0.15, 0.2) is 11.6 Å². The van der Waals surface area contributed by atoms with Gasteiger partial charge in [0.2, 0.25) is 4.96 Å². The summed E-state index contributed by atoms with van der Waals surface area (Å²) in [5.74, 6) is 1.92. The monoisotopic (exact) mass is 445 g/mol. The summed E-state index contributed by atoms with van der Waals surface area (Å²) in [4.78, 5) is 13.4. The topological polar surface area (TPSA) is 94.5 Å². The molecule has 0 aliphatic heterocycles. The highest BCUT2D eigenvalue weighted by molar-refractivity contribution is 7.19. The number of hydrogen-bond donors (Lipinski definition) is 1. The molecule has 0 aliphatic rings. The highest BCUT2D eigenvalue weighted by atomic mass is 32.1. The van der Waals surface area contributed by atoms with Gasteiger partial charge in [0.25, 0.3) is 5.91 Å². The third kappa shape index (κ3) is 4.10. The van der Waals surface area contributed by atoms with Gasteiger partial charge in [-0.05, 0) is 50.2 Å². The highest BCUT2D eigenvalue weighted by Gasteiger charge is 2.14. The molecule has 0 atom stereocenters. The molecule has 9 heteroatoms. The fraction of sp³-hybridized carbons (Fsp3) is 0.130. The lowest BCUT2D eigenvalue weighted by molar-refractivity contribution is 0.0992. The van der Waals surface area contributed by atoms with Gasteiger partial charge < -0.3 is 14.5 Å². The van der Waals surface area contributed by atoms with Gasteiger partial charge in [0, 0.05) is 11.3 Å². The number of furan rings is 1. The number of carbonyl (C=O) groups is 1. The second kappa shape index (κ2) is 8.27. The molecule has 0 radical (unpaired) electrons. The van der Waals surface area contributed by atoms with Crippen molar-refractivity contribution in [3.63, 3.8) is 0 Å². The summed E-state index contributed by atoms with van der Waals surface area (Å²) in [6.07, 6.45) is 0. The number of rotatable bonds is 6. The molecule has 1 amide bonds. The van der Waals surface area contributed by atoms with Crippen LogP contribution in [-0.2, 0) is 6.61 Å². The predicted octanol–water partition coefficient (Wildman–Crippen LogP) is 4.89. The van der Waals surface area contributed by atoms with Crippen molar-refractivity contribution in [2.24, 2.45) is 0 Å². The molecule has 0 spiro atoms. The highest BCUT2D eigenvalue weighted by Crippen LogP contribution is 2.27. The van der Waals surface area contributed by atoms with Crippen molar-refractivity contribution in [3.8, 4) is 16.3 Å². The zero-order valence-corrected chi connectivity index (χ0v) is 18.2. The van der Waals surface area contributed by atoms with Crippen molar-refractivity contribution in [1.82, 2.24) is 19.8 Å². The lowest BCUT2D eigenvalue weighted by Gasteiger charge is -2.05. The van der Waals surface area contributed by atoms with E-state index in [1.807, 2.05) is 62.4 Å². The van der Waals surface area contributed by atoms with Gasteiger partial charge in [0.1, 0.15) is 23.1 Å². The minimum Gasteiger partial charge on any atom is -0.486 e. The van der Waals surface area contributed by atoms with Crippen molar-refractivity contribution in [2.75, 3.05) is 5.32 Å². The first kappa shape index (κ1) is 20.0. The van der Waals surface area contributed by atoms with E-state index in [-0.39, 0.29) is 18.3 Å². The number of nitrogens with zero attached hydrogens (tertiary/aromatic N) is 4. The van der Waals surface area contributed by atoms with Gasteiger partial charge >= 0.3 is 0 Å². The Morgan fingerprint density at radius 2 is 1.94 bits per heavy atom. The number of aromatic nitrogens is 4. The van der Waals surface area contributed by atoms with Crippen LogP contribution < -0.4 is 10.1 Å². The molecule has 5 aromatic rings. The average Bonchev–Trinajstić information content (AvgIpc) is 3.51. The maximum Gasteiger partial charge on any atom is 0.291 e. The molecule has 3 aromatic heterocycles. The van der Waals surface area contributed by atoms with Crippen LogP contribution in [0.4, 0.5) is 5.69 Å². The number of aryl methyl sites for hydroxylation is 2.